The van der Waals surface area contributed by atoms with Crippen LogP contribution >= 0.6 is 11.6 Å². The van der Waals surface area contributed by atoms with E-state index < -0.39 is 5.54 Å². The zero-order chi connectivity index (χ0) is 23.3. The average Bonchev–Trinajstić information content (AvgIpc) is 3.29. The molecule has 1 saturated heterocycles. The summed E-state index contributed by atoms with van der Waals surface area (Å²) in [6, 6.07) is 22.8. The lowest BCUT2D eigenvalue weighted by atomic mass is 9.88. The third kappa shape index (κ3) is 5.41. The van der Waals surface area contributed by atoms with E-state index in [1.807, 2.05) is 67.6 Å². The molecule has 0 bridgehead atoms. The van der Waals surface area contributed by atoms with Gasteiger partial charge in [0.05, 0.1) is 5.56 Å². The molecule has 2 aromatic carbocycles. The number of amides is 2. The van der Waals surface area contributed by atoms with Crippen LogP contribution in [0.3, 0.4) is 0 Å². The summed E-state index contributed by atoms with van der Waals surface area (Å²) in [5.41, 5.74) is 2.00. The van der Waals surface area contributed by atoms with Gasteiger partial charge in [0, 0.05) is 25.3 Å². The van der Waals surface area contributed by atoms with Crippen LogP contribution in [-0.2, 0) is 13.1 Å². The van der Waals surface area contributed by atoms with E-state index in [1.54, 1.807) is 17.0 Å². The third-order valence-electron chi connectivity index (χ3n) is 5.89. The van der Waals surface area contributed by atoms with Crippen molar-refractivity contribution in [1.29, 1.82) is 0 Å². The Hall–Kier alpha value is -3.22. The Kier molecular flexibility index (Phi) is 7.06. The van der Waals surface area contributed by atoms with E-state index in [0.717, 1.165) is 16.8 Å². The van der Waals surface area contributed by atoms with Crippen molar-refractivity contribution in [1.82, 2.24) is 20.5 Å². The molecule has 0 radical (unpaired) electrons. The van der Waals surface area contributed by atoms with Gasteiger partial charge in [0.25, 0.3) is 0 Å². The lowest BCUT2D eigenvalue weighted by molar-refractivity contribution is 0.0861. The molecule has 1 aliphatic rings. The van der Waals surface area contributed by atoms with Gasteiger partial charge >= 0.3 is 6.03 Å². The largest absolute Gasteiger partial charge is 0.324 e. The number of ketones is 1. The van der Waals surface area contributed by atoms with E-state index in [0.29, 0.717) is 38.2 Å². The molecular weight excluding hydrogens is 436 g/mol. The van der Waals surface area contributed by atoms with Crippen molar-refractivity contribution >= 4 is 23.4 Å². The lowest BCUT2D eigenvalue weighted by Gasteiger charge is -2.32. The smallest absolute Gasteiger partial charge is 0.318 e. The van der Waals surface area contributed by atoms with Gasteiger partial charge in [0.15, 0.2) is 5.78 Å². The summed E-state index contributed by atoms with van der Waals surface area (Å²) in [6.45, 7) is 3.63. The standard InChI is InChI=1S/C26H27ClN4O2/c1-19-12-13-22(24(27)29-19)23(32)26(14-15-28-18-26)30-25(33)31(16-20-8-4-2-5-9-20)17-21-10-6-3-7-11-21/h2-13,28H,14-18H2,1H3,(H,30,33)/t26-/m1/s1. The van der Waals surface area contributed by atoms with Gasteiger partial charge < -0.3 is 15.5 Å². The molecule has 170 valence electrons. The highest BCUT2D eigenvalue weighted by Gasteiger charge is 2.44. The van der Waals surface area contributed by atoms with E-state index in [4.69, 9.17) is 11.6 Å². The Balaban J connectivity index is 1.60. The summed E-state index contributed by atoms with van der Waals surface area (Å²) in [5.74, 6) is -0.224. The first-order valence-electron chi connectivity index (χ1n) is 11.0. The lowest BCUT2D eigenvalue weighted by Crippen LogP contribution is -2.59. The third-order valence-corrected chi connectivity index (χ3v) is 6.18. The highest BCUT2D eigenvalue weighted by Crippen LogP contribution is 2.26. The number of halogens is 1. The number of urea groups is 1. The molecule has 33 heavy (non-hydrogen) atoms. The summed E-state index contributed by atoms with van der Waals surface area (Å²) in [6.07, 6.45) is 0.478. The fourth-order valence-electron chi connectivity index (χ4n) is 4.09. The van der Waals surface area contributed by atoms with Crippen molar-refractivity contribution in [2.24, 2.45) is 0 Å². The second-order valence-corrected chi connectivity index (χ2v) is 8.74. The molecule has 2 heterocycles. The SMILES string of the molecule is Cc1ccc(C(=O)[C@@]2(NC(=O)N(Cc3ccccc3)Cc3ccccc3)CCNC2)c(Cl)n1. The van der Waals surface area contributed by atoms with E-state index in [2.05, 4.69) is 15.6 Å². The molecule has 4 rings (SSSR count). The number of Topliss-reactive ketones (excluding diaryl/α,β-unsaturated/α-hetero) is 1. The van der Waals surface area contributed by atoms with Gasteiger partial charge in [-0.05, 0) is 43.1 Å². The Morgan fingerprint density at radius 2 is 1.61 bits per heavy atom. The van der Waals surface area contributed by atoms with Crippen LogP contribution in [0.2, 0.25) is 5.15 Å². The maximum absolute atomic E-state index is 13.6. The number of aromatic nitrogens is 1. The van der Waals surface area contributed by atoms with E-state index in [9.17, 15) is 9.59 Å². The van der Waals surface area contributed by atoms with Gasteiger partial charge in [-0.25, -0.2) is 9.78 Å². The van der Waals surface area contributed by atoms with Crippen LogP contribution < -0.4 is 10.6 Å². The number of carbonyl (C=O) groups excluding carboxylic acids is 2. The predicted octanol–water partition coefficient (Wildman–Crippen LogP) is 4.37. The molecule has 7 heteroatoms. The molecule has 3 aromatic rings. The van der Waals surface area contributed by atoms with Crippen LogP contribution in [0.25, 0.3) is 0 Å². The summed E-state index contributed by atoms with van der Waals surface area (Å²) in [7, 11) is 0. The van der Waals surface area contributed by atoms with Gasteiger partial charge in [-0.2, -0.15) is 0 Å². The number of aryl methyl sites for hydroxylation is 1. The zero-order valence-electron chi connectivity index (χ0n) is 18.6. The normalized spacial score (nSPS) is 17.5. The molecule has 0 aliphatic carbocycles. The monoisotopic (exact) mass is 462 g/mol. The molecule has 1 atom stereocenters. The van der Waals surface area contributed by atoms with Crippen molar-refractivity contribution in [2.75, 3.05) is 13.1 Å². The quantitative estimate of drug-likeness (QED) is 0.404. The number of hydrogen-bond acceptors (Lipinski definition) is 4. The van der Waals surface area contributed by atoms with Gasteiger partial charge in [-0.1, -0.05) is 72.3 Å². The van der Waals surface area contributed by atoms with Crippen LogP contribution in [0.5, 0.6) is 0 Å². The average molecular weight is 463 g/mol. The number of rotatable bonds is 7. The fourth-order valence-corrected chi connectivity index (χ4v) is 4.37. The molecule has 0 spiro atoms. The number of nitrogens with zero attached hydrogens (tertiary/aromatic N) is 2. The topological polar surface area (TPSA) is 74.3 Å². The number of pyridine rings is 1. The van der Waals surface area contributed by atoms with Gasteiger partial charge in [0.1, 0.15) is 10.7 Å². The second-order valence-electron chi connectivity index (χ2n) is 8.39. The first-order chi connectivity index (χ1) is 16.0. The van der Waals surface area contributed by atoms with Gasteiger partial charge in [-0.15, -0.1) is 0 Å². The molecule has 2 amide bonds. The minimum atomic E-state index is -1.08. The number of carbonyl (C=O) groups is 2. The van der Waals surface area contributed by atoms with E-state index in [-0.39, 0.29) is 17.0 Å². The van der Waals surface area contributed by atoms with Crippen LogP contribution in [0.1, 0.15) is 33.6 Å². The van der Waals surface area contributed by atoms with Crippen LogP contribution in [0, 0.1) is 6.92 Å². The van der Waals surface area contributed by atoms with Crippen LogP contribution in [-0.4, -0.2) is 40.3 Å². The molecule has 0 unspecified atom stereocenters. The summed E-state index contributed by atoms with van der Waals surface area (Å²) < 4.78 is 0. The molecule has 0 saturated carbocycles. The minimum absolute atomic E-state index is 0.158. The van der Waals surface area contributed by atoms with Crippen molar-refractivity contribution in [3.05, 3.63) is 100 Å². The summed E-state index contributed by atoms with van der Waals surface area (Å²) in [4.78, 5) is 33.1. The predicted molar refractivity (Wildman–Crippen MR) is 129 cm³/mol. The Morgan fingerprint density at radius 3 is 2.12 bits per heavy atom. The minimum Gasteiger partial charge on any atom is -0.324 e. The highest BCUT2D eigenvalue weighted by molar-refractivity contribution is 6.33. The Bertz CT molecular complexity index is 1070. The van der Waals surface area contributed by atoms with Crippen LogP contribution in [0.4, 0.5) is 4.79 Å². The maximum Gasteiger partial charge on any atom is 0.318 e. The van der Waals surface area contributed by atoms with Crippen molar-refractivity contribution in [3.8, 4) is 0 Å². The molecule has 2 N–H and O–H groups in total. The maximum atomic E-state index is 13.6. The van der Waals surface area contributed by atoms with E-state index >= 15 is 0 Å². The van der Waals surface area contributed by atoms with Crippen molar-refractivity contribution in [3.63, 3.8) is 0 Å². The van der Waals surface area contributed by atoms with E-state index in [1.165, 1.54) is 0 Å². The van der Waals surface area contributed by atoms with Crippen molar-refractivity contribution in [2.45, 2.75) is 32.0 Å². The Labute approximate surface area is 199 Å². The number of nitrogens with one attached hydrogen (secondary N) is 2. The van der Waals surface area contributed by atoms with Gasteiger partial charge in [0.2, 0.25) is 0 Å². The first-order valence-corrected chi connectivity index (χ1v) is 11.4. The fraction of sp³-hybridized carbons (Fsp3) is 0.269. The van der Waals surface area contributed by atoms with Crippen molar-refractivity contribution < 1.29 is 9.59 Å². The highest BCUT2D eigenvalue weighted by atomic mass is 35.5. The first kappa shape index (κ1) is 23.0. The number of hydrogen-bond donors (Lipinski definition) is 2. The molecule has 1 aliphatic heterocycles. The summed E-state index contributed by atoms with van der Waals surface area (Å²) >= 11 is 6.30. The zero-order valence-corrected chi connectivity index (χ0v) is 19.3. The number of benzene rings is 2. The van der Waals surface area contributed by atoms with Crippen LogP contribution in [0.15, 0.2) is 72.8 Å². The molecule has 1 aromatic heterocycles. The second kappa shape index (κ2) is 10.1. The molecule has 6 nitrogen and oxygen atoms in total. The summed E-state index contributed by atoms with van der Waals surface area (Å²) in [5, 5.41) is 6.44. The molecular formula is C26H27ClN4O2. The van der Waals surface area contributed by atoms with Gasteiger partial charge in [-0.3, -0.25) is 4.79 Å². The molecule has 1 fully saturated rings. The Morgan fingerprint density at radius 1 is 1.00 bits per heavy atom.